The molecule has 3 heteroatoms. The molecule has 1 heterocycles. The van der Waals surface area contributed by atoms with Gasteiger partial charge < -0.3 is 5.32 Å². The lowest BCUT2D eigenvalue weighted by Gasteiger charge is -2.17. The molecule has 0 saturated carbocycles. The van der Waals surface area contributed by atoms with Crippen LogP contribution in [0.1, 0.15) is 36.8 Å². The molecule has 2 aromatic rings. The van der Waals surface area contributed by atoms with Gasteiger partial charge in [-0.25, -0.2) is 0 Å². The van der Waals surface area contributed by atoms with Gasteiger partial charge in [-0.2, -0.15) is 5.10 Å². The van der Waals surface area contributed by atoms with E-state index in [-0.39, 0.29) is 6.04 Å². The predicted molar refractivity (Wildman–Crippen MR) is 74.6 cm³/mol. The SMILES string of the molecule is CCc1cc(C(NC)c2ccccc2)n(CC)n1. The Morgan fingerprint density at radius 2 is 1.94 bits per heavy atom. The van der Waals surface area contributed by atoms with E-state index in [0.717, 1.165) is 18.7 Å². The smallest absolute Gasteiger partial charge is 0.0745 e. The third kappa shape index (κ3) is 2.46. The summed E-state index contributed by atoms with van der Waals surface area (Å²) in [6.45, 7) is 5.18. The molecule has 1 atom stereocenters. The van der Waals surface area contributed by atoms with Gasteiger partial charge in [0, 0.05) is 6.54 Å². The molecule has 0 radical (unpaired) electrons. The Balaban J connectivity index is 2.41. The second-order valence-electron chi connectivity index (χ2n) is 4.36. The Hall–Kier alpha value is -1.61. The molecule has 96 valence electrons. The average molecular weight is 243 g/mol. The van der Waals surface area contributed by atoms with Gasteiger partial charge >= 0.3 is 0 Å². The molecule has 1 aromatic heterocycles. The summed E-state index contributed by atoms with van der Waals surface area (Å²) in [5.74, 6) is 0. The Morgan fingerprint density at radius 1 is 1.22 bits per heavy atom. The van der Waals surface area contributed by atoms with Crippen molar-refractivity contribution in [1.82, 2.24) is 15.1 Å². The molecular weight excluding hydrogens is 222 g/mol. The van der Waals surface area contributed by atoms with Crippen molar-refractivity contribution in [3.05, 3.63) is 53.3 Å². The van der Waals surface area contributed by atoms with Gasteiger partial charge in [-0.15, -0.1) is 0 Å². The van der Waals surface area contributed by atoms with E-state index in [9.17, 15) is 0 Å². The third-order valence-electron chi connectivity index (χ3n) is 3.24. The monoisotopic (exact) mass is 243 g/mol. The van der Waals surface area contributed by atoms with E-state index in [4.69, 9.17) is 0 Å². The molecule has 0 saturated heterocycles. The van der Waals surface area contributed by atoms with Crippen molar-refractivity contribution >= 4 is 0 Å². The molecular formula is C15H21N3. The molecule has 18 heavy (non-hydrogen) atoms. The lowest BCUT2D eigenvalue weighted by molar-refractivity contribution is 0.560. The van der Waals surface area contributed by atoms with Crippen molar-refractivity contribution in [3.8, 4) is 0 Å². The fraction of sp³-hybridized carbons (Fsp3) is 0.400. The summed E-state index contributed by atoms with van der Waals surface area (Å²) >= 11 is 0. The molecule has 0 spiro atoms. The van der Waals surface area contributed by atoms with Crippen LogP contribution in [0, 0.1) is 0 Å². The molecule has 3 nitrogen and oxygen atoms in total. The highest BCUT2D eigenvalue weighted by Crippen LogP contribution is 2.22. The number of aromatic nitrogens is 2. The predicted octanol–water partition coefficient (Wildman–Crippen LogP) is 2.77. The molecule has 1 aromatic carbocycles. The Bertz CT molecular complexity index is 488. The van der Waals surface area contributed by atoms with Crippen LogP contribution in [-0.2, 0) is 13.0 Å². The second-order valence-corrected chi connectivity index (χ2v) is 4.36. The number of benzene rings is 1. The van der Waals surface area contributed by atoms with E-state index in [1.807, 2.05) is 13.1 Å². The standard InChI is InChI=1S/C15H21N3/c1-4-13-11-14(18(5-2)17-13)15(16-3)12-9-7-6-8-10-12/h6-11,15-16H,4-5H2,1-3H3. The Kier molecular flexibility index (Phi) is 4.15. The molecule has 0 aliphatic heterocycles. The average Bonchev–Trinajstić information content (AvgIpc) is 2.84. The summed E-state index contributed by atoms with van der Waals surface area (Å²) in [6, 6.07) is 12.9. The van der Waals surface area contributed by atoms with E-state index >= 15 is 0 Å². The third-order valence-corrected chi connectivity index (χ3v) is 3.24. The van der Waals surface area contributed by atoms with Gasteiger partial charge in [0.25, 0.3) is 0 Å². The highest BCUT2D eigenvalue weighted by molar-refractivity contribution is 5.29. The first kappa shape index (κ1) is 12.8. The molecule has 1 N–H and O–H groups in total. The van der Waals surface area contributed by atoms with Gasteiger partial charge in [-0.05, 0) is 32.0 Å². The van der Waals surface area contributed by atoms with Crippen LogP contribution in [0.15, 0.2) is 36.4 Å². The van der Waals surface area contributed by atoms with Crippen LogP contribution in [0.25, 0.3) is 0 Å². The van der Waals surface area contributed by atoms with Gasteiger partial charge in [-0.3, -0.25) is 4.68 Å². The first-order valence-electron chi connectivity index (χ1n) is 6.59. The van der Waals surface area contributed by atoms with E-state index in [0.29, 0.717) is 0 Å². The number of hydrogen-bond donors (Lipinski definition) is 1. The fourth-order valence-corrected chi connectivity index (χ4v) is 2.28. The van der Waals surface area contributed by atoms with Crippen molar-refractivity contribution in [2.45, 2.75) is 32.9 Å². The van der Waals surface area contributed by atoms with Gasteiger partial charge in [0.2, 0.25) is 0 Å². The van der Waals surface area contributed by atoms with Gasteiger partial charge in [0.1, 0.15) is 0 Å². The quantitative estimate of drug-likeness (QED) is 0.875. The number of aryl methyl sites for hydroxylation is 2. The van der Waals surface area contributed by atoms with Crippen LogP contribution in [0.2, 0.25) is 0 Å². The minimum absolute atomic E-state index is 0.207. The van der Waals surface area contributed by atoms with E-state index in [1.54, 1.807) is 0 Å². The lowest BCUT2D eigenvalue weighted by Crippen LogP contribution is -2.21. The minimum Gasteiger partial charge on any atom is -0.308 e. The molecule has 2 rings (SSSR count). The topological polar surface area (TPSA) is 29.9 Å². The number of nitrogens with zero attached hydrogens (tertiary/aromatic N) is 2. The van der Waals surface area contributed by atoms with Gasteiger partial charge in [-0.1, -0.05) is 37.3 Å². The van der Waals surface area contributed by atoms with Crippen LogP contribution in [-0.4, -0.2) is 16.8 Å². The highest BCUT2D eigenvalue weighted by Gasteiger charge is 2.17. The van der Waals surface area contributed by atoms with Crippen LogP contribution in [0.5, 0.6) is 0 Å². The van der Waals surface area contributed by atoms with E-state index in [1.165, 1.54) is 11.3 Å². The fourth-order valence-electron chi connectivity index (χ4n) is 2.28. The molecule has 0 aliphatic carbocycles. The number of hydrogen-bond acceptors (Lipinski definition) is 2. The van der Waals surface area contributed by atoms with Crippen molar-refractivity contribution < 1.29 is 0 Å². The summed E-state index contributed by atoms with van der Waals surface area (Å²) in [4.78, 5) is 0. The van der Waals surface area contributed by atoms with E-state index in [2.05, 4.69) is 59.3 Å². The van der Waals surface area contributed by atoms with Crippen LogP contribution in [0.3, 0.4) is 0 Å². The zero-order valence-electron chi connectivity index (χ0n) is 11.4. The maximum absolute atomic E-state index is 4.62. The normalized spacial score (nSPS) is 12.6. The van der Waals surface area contributed by atoms with Crippen molar-refractivity contribution in [2.75, 3.05) is 7.05 Å². The maximum atomic E-state index is 4.62. The first-order chi connectivity index (χ1) is 8.80. The number of rotatable bonds is 5. The molecule has 0 aliphatic rings. The van der Waals surface area contributed by atoms with Crippen LogP contribution in [0.4, 0.5) is 0 Å². The molecule has 1 unspecified atom stereocenters. The Labute approximate surface area is 109 Å². The summed E-state index contributed by atoms with van der Waals surface area (Å²) in [5.41, 5.74) is 3.67. The maximum Gasteiger partial charge on any atom is 0.0745 e. The van der Waals surface area contributed by atoms with Gasteiger partial charge in [0.05, 0.1) is 17.4 Å². The van der Waals surface area contributed by atoms with Crippen LogP contribution < -0.4 is 5.32 Å². The zero-order chi connectivity index (χ0) is 13.0. The summed E-state index contributed by atoms with van der Waals surface area (Å²) in [5, 5.41) is 8.00. The molecule has 0 amide bonds. The second kappa shape index (κ2) is 5.83. The van der Waals surface area contributed by atoms with Crippen LogP contribution >= 0.6 is 0 Å². The minimum atomic E-state index is 0.207. The Morgan fingerprint density at radius 3 is 2.50 bits per heavy atom. The van der Waals surface area contributed by atoms with Gasteiger partial charge in [0.15, 0.2) is 0 Å². The lowest BCUT2D eigenvalue weighted by atomic mass is 10.0. The molecule has 0 fully saturated rings. The summed E-state index contributed by atoms with van der Waals surface area (Å²) < 4.78 is 2.09. The summed E-state index contributed by atoms with van der Waals surface area (Å²) in [7, 11) is 2.00. The number of nitrogens with one attached hydrogen (secondary N) is 1. The first-order valence-corrected chi connectivity index (χ1v) is 6.59. The summed E-state index contributed by atoms with van der Waals surface area (Å²) in [6.07, 6.45) is 0.977. The highest BCUT2D eigenvalue weighted by atomic mass is 15.3. The van der Waals surface area contributed by atoms with Crippen molar-refractivity contribution in [2.24, 2.45) is 0 Å². The van der Waals surface area contributed by atoms with Crippen molar-refractivity contribution in [3.63, 3.8) is 0 Å². The van der Waals surface area contributed by atoms with Crippen molar-refractivity contribution in [1.29, 1.82) is 0 Å². The van der Waals surface area contributed by atoms with E-state index < -0.39 is 0 Å². The zero-order valence-corrected chi connectivity index (χ0v) is 11.4. The largest absolute Gasteiger partial charge is 0.308 e. The molecule has 0 bridgehead atoms.